The van der Waals surface area contributed by atoms with Crippen LogP contribution in [0, 0.1) is 5.92 Å². The molecule has 0 aromatic carbocycles. The summed E-state index contributed by atoms with van der Waals surface area (Å²) in [6.07, 6.45) is 10.9. The highest BCUT2D eigenvalue weighted by atomic mass is 79.9. The van der Waals surface area contributed by atoms with E-state index in [1.165, 1.54) is 18.4 Å². The Balaban J connectivity index is 1.55. The average Bonchev–Trinajstić information content (AvgIpc) is 2.50. The molecule has 1 saturated heterocycles. The van der Waals surface area contributed by atoms with Crippen LogP contribution in [0.25, 0.3) is 0 Å². The standard InChI is InChI=1S/C15H17BrN4/c16-14-10-18-15(19-11-14)20-6-3-12(4-7-20)8-13-2-1-5-17-9-13/h1-2,5,9-12H,3-4,6-8H2. The van der Waals surface area contributed by atoms with Gasteiger partial charge in [0, 0.05) is 37.9 Å². The Morgan fingerprint density at radius 1 is 1.15 bits per heavy atom. The van der Waals surface area contributed by atoms with Crippen molar-refractivity contribution in [2.24, 2.45) is 5.92 Å². The second-order valence-corrected chi connectivity index (χ2v) is 6.11. The first-order valence-corrected chi connectivity index (χ1v) is 7.72. The van der Waals surface area contributed by atoms with Crippen molar-refractivity contribution in [1.29, 1.82) is 0 Å². The van der Waals surface area contributed by atoms with Crippen molar-refractivity contribution in [1.82, 2.24) is 15.0 Å². The van der Waals surface area contributed by atoms with E-state index in [4.69, 9.17) is 0 Å². The number of nitrogens with zero attached hydrogens (tertiary/aromatic N) is 4. The van der Waals surface area contributed by atoms with Gasteiger partial charge in [-0.2, -0.15) is 0 Å². The fourth-order valence-corrected chi connectivity index (χ4v) is 2.86. The molecule has 2 aromatic heterocycles. The minimum absolute atomic E-state index is 0.742. The van der Waals surface area contributed by atoms with Gasteiger partial charge in [-0.1, -0.05) is 6.07 Å². The molecule has 1 fully saturated rings. The van der Waals surface area contributed by atoms with Gasteiger partial charge in [-0.05, 0) is 52.7 Å². The maximum Gasteiger partial charge on any atom is 0.225 e. The van der Waals surface area contributed by atoms with Crippen molar-refractivity contribution >= 4 is 21.9 Å². The van der Waals surface area contributed by atoms with E-state index in [0.29, 0.717) is 0 Å². The molecule has 0 radical (unpaired) electrons. The molecular formula is C15H17BrN4. The third kappa shape index (κ3) is 3.33. The SMILES string of the molecule is Brc1cnc(N2CCC(Cc3cccnc3)CC2)nc1. The summed E-state index contributed by atoms with van der Waals surface area (Å²) in [4.78, 5) is 15.2. The van der Waals surface area contributed by atoms with Crippen LogP contribution >= 0.6 is 15.9 Å². The molecule has 5 heteroatoms. The van der Waals surface area contributed by atoms with E-state index in [9.17, 15) is 0 Å². The van der Waals surface area contributed by atoms with Gasteiger partial charge >= 0.3 is 0 Å². The highest BCUT2D eigenvalue weighted by Crippen LogP contribution is 2.23. The van der Waals surface area contributed by atoms with E-state index >= 15 is 0 Å². The Kier molecular flexibility index (Phi) is 4.25. The summed E-state index contributed by atoms with van der Waals surface area (Å²) in [6.45, 7) is 2.07. The van der Waals surface area contributed by atoms with Gasteiger partial charge in [0.2, 0.25) is 5.95 Å². The molecular weight excluding hydrogens is 316 g/mol. The van der Waals surface area contributed by atoms with Gasteiger partial charge in [0.25, 0.3) is 0 Å². The first-order valence-electron chi connectivity index (χ1n) is 6.92. The molecule has 0 amide bonds. The molecule has 4 nitrogen and oxygen atoms in total. The minimum atomic E-state index is 0.742. The number of hydrogen-bond acceptors (Lipinski definition) is 4. The monoisotopic (exact) mass is 332 g/mol. The molecule has 0 atom stereocenters. The fourth-order valence-electron chi connectivity index (χ4n) is 2.66. The molecule has 3 heterocycles. The average molecular weight is 333 g/mol. The normalized spacial score (nSPS) is 16.4. The summed E-state index contributed by atoms with van der Waals surface area (Å²) in [5, 5.41) is 0. The molecule has 0 aliphatic carbocycles. The van der Waals surface area contributed by atoms with Crippen molar-refractivity contribution in [2.45, 2.75) is 19.3 Å². The number of halogens is 1. The van der Waals surface area contributed by atoms with Gasteiger partial charge in [-0.3, -0.25) is 4.98 Å². The van der Waals surface area contributed by atoms with E-state index in [1.54, 1.807) is 0 Å². The summed E-state index contributed by atoms with van der Waals surface area (Å²) in [5.41, 5.74) is 1.34. The van der Waals surface area contributed by atoms with Gasteiger partial charge in [0.15, 0.2) is 0 Å². The molecule has 1 aliphatic heterocycles. The Morgan fingerprint density at radius 2 is 1.90 bits per heavy atom. The molecule has 0 N–H and O–H groups in total. The summed E-state index contributed by atoms with van der Waals surface area (Å²) in [6, 6.07) is 4.18. The second kappa shape index (κ2) is 6.31. The van der Waals surface area contributed by atoms with Gasteiger partial charge in [0.05, 0.1) is 4.47 Å². The first kappa shape index (κ1) is 13.5. The zero-order valence-corrected chi connectivity index (χ0v) is 12.8. The number of piperidine rings is 1. The summed E-state index contributed by atoms with van der Waals surface area (Å²) in [7, 11) is 0. The molecule has 2 aromatic rings. The second-order valence-electron chi connectivity index (χ2n) is 5.20. The van der Waals surface area contributed by atoms with Crippen LogP contribution in [0.2, 0.25) is 0 Å². The zero-order chi connectivity index (χ0) is 13.8. The Bertz CT molecular complexity index is 536. The maximum atomic E-state index is 4.37. The molecule has 0 bridgehead atoms. The lowest BCUT2D eigenvalue weighted by Gasteiger charge is -2.31. The Hall–Kier alpha value is -1.49. The third-order valence-corrected chi connectivity index (χ3v) is 4.16. The quantitative estimate of drug-likeness (QED) is 0.866. The fraction of sp³-hybridized carbons (Fsp3) is 0.400. The lowest BCUT2D eigenvalue weighted by atomic mass is 9.91. The Morgan fingerprint density at radius 3 is 2.55 bits per heavy atom. The third-order valence-electron chi connectivity index (χ3n) is 3.75. The predicted molar refractivity (Wildman–Crippen MR) is 82.6 cm³/mol. The lowest BCUT2D eigenvalue weighted by molar-refractivity contribution is 0.400. The summed E-state index contributed by atoms with van der Waals surface area (Å²) >= 11 is 3.37. The van der Waals surface area contributed by atoms with Crippen molar-refractivity contribution in [3.63, 3.8) is 0 Å². The summed E-state index contributed by atoms with van der Waals surface area (Å²) < 4.78 is 0.924. The van der Waals surface area contributed by atoms with Crippen LogP contribution in [0.5, 0.6) is 0 Å². The predicted octanol–water partition coefficient (Wildman–Crippen LogP) is 3.09. The van der Waals surface area contributed by atoms with E-state index in [2.05, 4.69) is 41.8 Å². The van der Waals surface area contributed by atoms with Crippen molar-refractivity contribution < 1.29 is 0 Å². The van der Waals surface area contributed by atoms with Crippen molar-refractivity contribution in [2.75, 3.05) is 18.0 Å². The lowest BCUT2D eigenvalue weighted by Crippen LogP contribution is -2.35. The topological polar surface area (TPSA) is 41.9 Å². The number of rotatable bonds is 3. The van der Waals surface area contributed by atoms with Gasteiger partial charge in [-0.25, -0.2) is 9.97 Å². The van der Waals surface area contributed by atoms with E-state index < -0.39 is 0 Å². The highest BCUT2D eigenvalue weighted by Gasteiger charge is 2.21. The van der Waals surface area contributed by atoms with Crippen LogP contribution < -0.4 is 4.90 Å². The molecule has 0 spiro atoms. The summed E-state index contributed by atoms with van der Waals surface area (Å²) in [5.74, 6) is 1.58. The largest absolute Gasteiger partial charge is 0.341 e. The smallest absolute Gasteiger partial charge is 0.225 e. The van der Waals surface area contributed by atoms with Crippen LogP contribution in [-0.4, -0.2) is 28.0 Å². The van der Waals surface area contributed by atoms with Crippen LogP contribution in [0.15, 0.2) is 41.4 Å². The molecule has 3 rings (SSSR count). The number of hydrogen-bond donors (Lipinski definition) is 0. The van der Waals surface area contributed by atoms with Crippen molar-refractivity contribution in [3.8, 4) is 0 Å². The molecule has 20 heavy (non-hydrogen) atoms. The van der Waals surface area contributed by atoms with Crippen LogP contribution in [0.1, 0.15) is 18.4 Å². The van der Waals surface area contributed by atoms with E-state index in [0.717, 1.165) is 35.8 Å². The molecule has 0 saturated carbocycles. The van der Waals surface area contributed by atoms with E-state index in [-0.39, 0.29) is 0 Å². The maximum absolute atomic E-state index is 4.37. The van der Waals surface area contributed by atoms with Crippen LogP contribution in [0.3, 0.4) is 0 Å². The zero-order valence-electron chi connectivity index (χ0n) is 11.2. The number of aromatic nitrogens is 3. The highest BCUT2D eigenvalue weighted by molar-refractivity contribution is 9.10. The Labute approximate surface area is 127 Å². The number of anilines is 1. The van der Waals surface area contributed by atoms with Crippen LogP contribution in [-0.2, 0) is 6.42 Å². The van der Waals surface area contributed by atoms with E-state index in [1.807, 2.05) is 30.9 Å². The van der Waals surface area contributed by atoms with Gasteiger partial charge in [-0.15, -0.1) is 0 Å². The van der Waals surface area contributed by atoms with Crippen LogP contribution in [0.4, 0.5) is 5.95 Å². The molecule has 104 valence electrons. The molecule has 0 unspecified atom stereocenters. The van der Waals surface area contributed by atoms with Crippen molar-refractivity contribution in [3.05, 3.63) is 47.0 Å². The minimum Gasteiger partial charge on any atom is -0.341 e. The molecule has 1 aliphatic rings. The number of pyridine rings is 1. The first-order chi connectivity index (χ1) is 9.81. The van der Waals surface area contributed by atoms with Gasteiger partial charge < -0.3 is 4.90 Å². The van der Waals surface area contributed by atoms with Gasteiger partial charge in [0.1, 0.15) is 0 Å².